The monoisotopic (exact) mass is 600 g/mol. The molecular weight excluding hydrogens is 590 g/mol. The van der Waals surface area contributed by atoms with Crippen LogP contribution in [0.1, 0.15) is 0 Å². The third-order valence-electron chi connectivity index (χ3n) is 6.21. The molecule has 206 valence electrons. The van der Waals surface area contributed by atoms with E-state index in [0.717, 1.165) is 24.3 Å². The highest BCUT2D eigenvalue weighted by atomic mass is 32.2. The van der Waals surface area contributed by atoms with Crippen LogP contribution in [0.5, 0.6) is 11.5 Å². The van der Waals surface area contributed by atoms with Crippen molar-refractivity contribution >= 4 is 74.4 Å². The fraction of sp³-hybridized carbons (Fsp3) is 0.0833. The van der Waals surface area contributed by atoms with E-state index in [9.17, 15) is 43.2 Å². The van der Waals surface area contributed by atoms with Crippen molar-refractivity contribution in [1.29, 1.82) is 0 Å². The summed E-state index contributed by atoms with van der Waals surface area (Å²) in [5.41, 5.74) is -10.6. The Morgan fingerprint density at radius 3 is 1.38 bits per heavy atom. The average molecular weight is 600 g/mol. The number of aromatic nitrogens is 2. The second-order valence-electron chi connectivity index (χ2n) is 8.56. The average Bonchev–Trinajstić information content (AvgIpc) is 2.86. The Hall–Kier alpha value is -4.18. The molecule has 0 aliphatic rings. The lowest BCUT2D eigenvalue weighted by Crippen LogP contribution is -2.28. The molecule has 0 bridgehead atoms. The van der Waals surface area contributed by atoms with Gasteiger partial charge in [0.05, 0.1) is 11.0 Å². The standard InChI is InChI=1S/C24H10F6N2O6S2/c25-23(26,27)39(33,34)37-11-4-6-15-17(8-11)13-2-1-3-14-18-9-12(38-40(35,36)24(28,29)30)5-7-16(18)22-20(19(13)14)21(15)31-10-32-22/h1-10H. The Kier molecular flexibility index (Phi) is 5.32. The summed E-state index contributed by atoms with van der Waals surface area (Å²) in [7, 11) is -11.9. The van der Waals surface area contributed by atoms with Gasteiger partial charge in [-0.3, -0.25) is 0 Å². The second-order valence-corrected chi connectivity index (χ2v) is 11.6. The smallest absolute Gasteiger partial charge is 0.376 e. The van der Waals surface area contributed by atoms with Gasteiger partial charge in [-0.1, -0.05) is 18.2 Å². The van der Waals surface area contributed by atoms with Gasteiger partial charge in [0.2, 0.25) is 0 Å². The predicted molar refractivity (Wildman–Crippen MR) is 132 cm³/mol. The number of hydrogen-bond donors (Lipinski definition) is 0. The summed E-state index contributed by atoms with van der Waals surface area (Å²) in [5.74, 6) is -1.23. The third-order valence-corrected chi connectivity index (χ3v) is 8.17. The molecule has 0 atom stereocenters. The van der Waals surface area contributed by atoms with Crippen molar-refractivity contribution in [1.82, 2.24) is 9.97 Å². The van der Waals surface area contributed by atoms with Crippen molar-refractivity contribution in [3.05, 3.63) is 60.9 Å². The van der Waals surface area contributed by atoms with Gasteiger partial charge in [0.1, 0.15) is 17.8 Å². The molecule has 0 aliphatic heterocycles. The SMILES string of the molecule is O=S(=O)(Oc1ccc2c(c1)c1cccc3c4cc(OS(=O)(=O)C(F)(F)F)ccc4c4ncnc2c4c13)C(F)(F)F. The topological polar surface area (TPSA) is 113 Å². The molecule has 16 heteroatoms. The molecule has 0 fully saturated rings. The van der Waals surface area contributed by atoms with Gasteiger partial charge in [0.25, 0.3) is 0 Å². The van der Waals surface area contributed by atoms with Gasteiger partial charge in [-0.25, -0.2) is 9.97 Å². The van der Waals surface area contributed by atoms with Gasteiger partial charge in [-0.15, -0.1) is 0 Å². The van der Waals surface area contributed by atoms with Crippen LogP contribution in [0.4, 0.5) is 26.3 Å². The minimum Gasteiger partial charge on any atom is -0.376 e. The van der Waals surface area contributed by atoms with Crippen molar-refractivity contribution in [3.8, 4) is 11.5 Å². The number of hydrogen-bond acceptors (Lipinski definition) is 8. The van der Waals surface area contributed by atoms with E-state index in [-0.39, 0.29) is 10.8 Å². The lowest BCUT2D eigenvalue weighted by atomic mass is 9.89. The van der Waals surface area contributed by atoms with E-state index in [4.69, 9.17) is 0 Å². The summed E-state index contributed by atoms with van der Waals surface area (Å²) in [6.07, 6.45) is 1.21. The van der Waals surface area contributed by atoms with Gasteiger partial charge in [-0.2, -0.15) is 43.2 Å². The van der Waals surface area contributed by atoms with Crippen molar-refractivity contribution < 1.29 is 51.5 Å². The molecule has 0 saturated heterocycles. The Morgan fingerprint density at radius 2 is 0.975 bits per heavy atom. The summed E-state index contributed by atoms with van der Waals surface area (Å²) in [4.78, 5) is 8.65. The fourth-order valence-electron chi connectivity index (χ4n) is 4.66. The first-order valence-electron chi connectivity index (χ1n) is 10.9. The second kappa shape index (κ2) is 8.17. The van der Waals surface area contributed by atoms with Crippen LogP contribution in [0.2, 0.25) is 0 Å². The Balaban J connectivity index is 1.68. The van der Waals surface area contributed by atoms with Crippen LogP contribution < -0.4 is 8.37 Å². The van der Waals surface area contributed by atoms with Gasteiger partial charge in [0, 0.05) is 21.5 Å². The van der Waals surface area contributed by atoms with Gasteiger partial charge < -0.3 is 8.37 Å². The molecule has 0 spiro atoms. The lowest BCUT2D eigenvalue weighted by molar-refractivity contribution is -0.0504. The molecule has 1 aromatic heterocycles. The maximum absolute atomic E-state index is 12.9. The maximum atomic E-state index is 12.9. The third kappa shape index (κ3) is 3.81. The zero-order valence-corrected chi connectivity index (χ0v) is 20.8. The quantitative estimate of drug-likeness (QED) is 0.0780. The van der Waals surface area contributed by atoms with Crippen LogP contribution in [0.15, 0.2) is 60.9 Å². The van der Waals surface area contributed by atoms with Crippen LogP contribution in [0.3, 0.4) is 0 Å². The minimum atomic E-state index is -5.96. The van der Waals surface area contributed by atoms with Crippen LogP contribution >= 0.6 is 0 Å². The van der Waals surface area contributed by atoms with Crippen molar-refractivity contribution in [2.24, 2.45) is 0 Å². The molecule has 1 heterocycles. The molecule has 0 saturated carbocycles. The molecule has 0 N–H and O–H groups in total. The summed E-state index contributed by atoms with van der Waals surface area (Å²) < 4.78 is 132. The molecule has 6 rings (SSSR count). The summed E-state index contributed by atoms with van der Waals surface area (Å²) >= 11 is 0. The van der Waals surface area contributed by atoms with E-state index in [1.54, 1.807) is 18.2 Å². The van der Waals surface area contributed by atoms with E-state index >= 15 is 0 Å². The summed E-state index contributed by atoms with van der Waals surface area (Å²) in [6.45, 7) is 0. The highest BCUT2D eigenvalue weighted by Gasteiger charge is 2.49. The number of benzene rings is 5. The molecule has 8 nitrogen and oxygen atoms in total. The molecule has 0 unspecified atom stereocenters. The molecular formula is C24H10F6N2O6S2. The lowest BCUT2D eigenvalue weighted by Gasteiger charge is -2.17. The minimum absolute atomic E-state index is 0.263. The first-order valence-corrected chi connectivity index (χ1v) is 13.7. The van der Waals surface area contributed by atoms with Crippen LogP contribution in [-0.2, 0) is 20.2 Å². The molecule has 5 aromatic carbocycles. The zero-order chi connectivity index (χ0) is 28.8. The Morgan fingerprint density at radius 1 is 0.550 bits per heavy atom. The van der Waals surface area contributed by atoms with Gasteiger partial charge in [0.15, 0.2) is 0 Å². The number of nitrogens with zero attached hydrogens (tertiary/aromatic N) is 2. The summed E-state index contributed by atoms with van der Waals surface area (Å²) in [6, 6.07) is 11.7. The van der Waals surface area contributed by atoms with E-state index in [1.165, 1.54) is 18.5 Å². The van der Waals surface area contributed by atoms with Crippen LogP contribution in [0, 0.1) is 0 Å². The largest absolute Gasteiger partial charge is 0.534 e. The molecule has 0 amide bonds. The van der Waals surface area contributed by atoms with Crippen LogP contribution in [-0.4, -0.2) is 37.8 Å². The highest BCUT2D eigenvalue weighted by Crippen LogP contribution is 2.45. The number of halogens is 6. The predicted octanol–water partition coefficient (Wildman–Crippen LogP) is 6.14. The fourth-order valence-corrected chi connectivity index (χ4v) is 5.56. The van der Waals surface area contributed by atoms with Crippen molar-refractivity contribution in [2.45, 2.75) is 11.0 Å². The molecule has 40 heavy (non-hydrogen) atoms. The zero-order valence-electron chi connectivity index (χ0n) is 19.2. The first kappa shape index (κ1) is 26.1. The van der Waals surface area contributed by atoms with Crippen molar-refractivity contribution in [3.63, 3.8) is 0 Å². The number of fused-ring (bicyclic) bond motifs is 6. The van der Waals surface area contributed by atoms with E-state index in [2.05, 4.69) is 18.3 Å². The molecule has 0 radical (unpaired) electrons. The maximum Gasteiger partial charge on any atom is 0.534 e. The molecule has 0 aliphatic carbocycles. The van der Waals surface area contributed by atoms with Gasteiger partial charge in [-0.05, 0) is 57.9 Å². The first-order chi connectivity index (χ1) is 18.6. The summed E-state index contributed by atoms with van der Waals surface area (Å²) in [5, 5.41) is 3.16. The molecule has 6 aromatic rings. The van der Waals surface area contributed by atoms with E-state index < -0.39 is 42.8 Å². The van der Waals surface area contributed by atoms with Gasteiger partial charge >= 0.3 is 31.3 Å². The Labute approximate surface area is 219 Å². The van der Waals surface area contributed by atoms with Crippen molar-refractivity contribution in [2.75, 3.05) is 0 Å². The normalized spacial score (nSPS) is 13.7. The number of alkyl halides is 6. The van der Waals surface area contributed by atoms with E-state index in [1.807, 2.05) is 0 Å². The highest BCUT2D eigenvalue weighted by molar-refractivity contribution is 7.88. The number of rotatable bonds is 4. The Bertz CT molecular complexity index is 2080. The van der Waals surface area contributed by atoms with Crippen LogP contribution in [0.25, 0.3) is 54.1 Å². The van der Waals surface area contributed by atoms with E-state index in [0.29, 0.717) is 43.4 Å².